The molecule has 1 heterocycles. The Morgan fingerprint density at radius 1 is 1.35 bits per heavy atom. The highest BCUT2D eigenvalue weighted by Crippen LogP contribution is 2.20. The third-order valence-corrected chi connectivity index (χ3v) is 2.58. The van der Waals surface area contributed by atoms with Gasteiger partial charge in [0.15, 0.2) is 0 Å². The van der Waals surface area contributed by atoms with Crippen LogP contribution in [0.5, 0.6) is 0 Å². The fourth-order valence-electron chi connectivity index (χ4n) is 1.81. The van der Waals surface area contributed by atoms with Crippen molar-refractivity contribution in [2.75, 3.05) is 0 Å². The van der Waals surface area contributed by atoms with E-state index in [9.17, 15) is 4.79 Å². The lowest BCUT2D eigenvalue weighted by molar-refractivity contribution is 0.0697. The number of hydrogen-bond acceptors (Lipinski definition) is 2. The van der Waals surface area contributed by atoms with E-state index in [1.165, 1.54) is 0 Å². The molecule has 0 spiro atoms. The molecule has 0 amide bonds. The SMILES string of the molecule is CC(C)c1nccn1-c1ccccc1C(=O)O. The number of carboxylic acid groups (broad SMARTS) is 1. The molecule has 0 saturated heterocycles. The van der Waals surface area contributed by atoms with E-state index in [1.807, 2.05) is 24.5 Å². The number of aromatic nitrogens is 2. The molecule has 0 aliphatic carbocycles. The summed E-state index contributed by atoms with van der Waals surface area (Å²) in [6, 6.07) is 6.93. The molecular formula is C13H14N2O2. The Balaban J connectivity index is 2.60. The predicted octanol–water partition coefficient (Wildman–Crippen LogP) is 2.69. The van der Waals surface area contributed by atoms with Gasteiger partial charge in [0, 0.05) is 18.3 Å². The zero-order valence-corrected chi connectivity index (χ0v) is 9.79. The van der Waals surface area contributed by atoms with Gasteiger partial charge in [-0.05, 0) is 12.1 Å². The molecule has 1 aromatic heterocycles. The third-order valence-electron chi connectivity index (χ3n) is 2.58. The maximum atomic E-state index is 11.2. The molecule has 4 heteroatoms. The average Bonchev–Trinajstić information content (AvgIpc) is 2.77. The summed E-state index contributed by atoms with van der Waals surface area (Å²) in [7, 11) is 0. The van der Waals surface area contributed by atoms with Gasteiger partial charge in [-0.2, -0.15) is 0 Å². The van der Waals surface area contributed by atoms with E-state index in [1.54, 1.807) is 30.6 Å². The first kappa shape index (κ1) is 11.4. The van der Waals surface area contributed by atoms with E-state index in [4.69, 9.17) is 5.11 Å². The van der Waals surface area contributed by atoms with Crippen LogP contribution in [0, 0.1) is 0 Å². The van der Waals surface area contributed by atoms with E-state index in [-0.39, 0.29) is 11.5 Å². The number of carboxylic acids is 1. The summed E-state index contributed by atoms with van der Waals surface area (Å²) in [6.07, 6.45) is 3.48. The first-order valence-electron chi connectivity index (χ1n) is 5.47. The van der Waals surface area contributed by atoms with Gasteiger partial charge in [-0.25, -0.2) is 9.78 Å². The molecular weight excluding hydrogens is 216 g/mol. The van der Waals surface area contributed by atoms with Crippen LogP contribution >= 0.6 is 0 Å². The summed E-state index contributed by atoms with van der Waals surface area (Å²) in [5.74, 6) is 0.176. The Morgan fingerprint density at radius 3 is 2.71 bits per heavy atom. The highest BCUT2D eigenvalue weighted by Gasteiger charge is 2.14. The lowest BCUT2D eigenvalue weighted by Crippen LogP contribution is -2.08. The summed E-state index contributed by atoms with van der Waals surface area (Å²) in [6.45, 7) is 4.06. The van der Waals surface area contributed by atoms with E-state index < -0.39 is 5.97 Å². The largest absolute Gasteiger partial charge is 0.478 e. The molecule has 0 fully saturated rings. The van der Waals surface area contributed by atoms with E-state index in [2.05, 4.69) is 4.98 Å². The molecule has 1 aromatic carbocycles. The molecule has 2 aromatic rings. The Kier molecular flexibility index (Phi) is 2.95. The molecule has 17 heavy (non-hydrogen) atoms. The molecule has 0 bridgehead atoms. The number of aromatic carboxylic acids is 1. The van der Waals surface area contributed by atoms with E-state index >= 15 is 0 Å². The van der Waals surface area contributed by atoms with Crippen LogP contribution in [0.1, 0.15) is 35.9 Å². The van der Waals surface area contributed by atoms with Crippen molar-refractivity contribution in [3.05, 3.63) is 48.0 Å². The summed E-state index contributed by atoms with van der Waals surface area (Å²) in [5.41, 5.74) is 0.939. The highest BCUT2D eigenvalue weighted by atomic mass is 16.4. The standard InChI is InChI=1S/C13H14N2O2/c1-9(2)12-14-7-8-15(12)11-6-4-3-5-10(11)13(16)17/h3-9H,1-2H3,(H,16,17). The van der Waals surface area contributed by atoms with Gasteiger partial charge in [0.25, 0.3) is 0 Å². The smallest absolute Gasteiger partial charge is 0.337 e. The minimum absolute atomic E-state index is 0.242. The van der Waals surface area contributed by atoms with Gasteiger partial charge in [0.2, 0.25) is 0 Å². The van der Waals surface area contributed by atoms with Crippen LogP contribution in [0.25, 0.3) is 5.69 Å². The van der Waals surface area contributed by atoms with Crippen molar-refractivity contribution in [3.8, 4) is 5.69 Å². The fraction of sp³-hybridized carbons (Fsp3) is 0.231. The zero-order chi connectivity index (χ0) is 12.4. The Hall–Kier alpha value is -2.10. The first-order valence-corrected chi connectivity index (χ1v) is 5.47. The normalized spacial score (nSPS) is 10.8. The molecule has 0 atom stereocenters. The number of benzene rings is 1. The van der Waals surface area contributed by atoms with Gasteiger partial charge < -0.3 is 9.67 Å². The van der Waals surface area contributed by atoms with Crippen molar-refractivity contribution in [1.82, 2.24) is 9.55 Å². The minimum atomic E-state index is -0.927. The van der Waals surface area contributed by atoms with Crippen LogP contribution in [0.4, 0.5) is 0 Å². The number of rotatable bonds is 3. The summed E-state index contributed by atoms with van der Waals surface area (Å²) >= 11 is 0. The molecule has 0 saturated carbocycles. The molecule has 4 nitrogen and oxygen atoms in total. The molecule has 1 N–H and O–H groups in total. The zero-order valence-electron chi connectivity index (χ0n) is 9.79. The number of para-hydroxylation sites is 1. The van der Waals surface area contributed by atoms with Crippen LogP contribution in [0.15, 0.2) is 36.7 Å². The topological polar surface area (TPSA) is 55.1 Å². The Morgan fingerprint density at radius 2 is 2.06 bits per heavy atom. The molecule has 0 aliphatic rings. The van der Waals surface area contributed by atoms with E-state index in [0.717, 1.165) is 5.82 Å². The number of carbonyl (C=O) groups is 1. The van der Waals surface area contributed by atoms with Gasteiger partial charge in [0.05, 0.1) is 11.3 Å². The van der Waals surface area contributed by atoms with Crippen molar-refractivity contribution < 1.29 is 9.90 Å². The third kappa shape index (κ3) is 2.06. The second-order valence-electron chi connectivity index (χ2n) is 4.13. The van der Waals surface area contributed by atoms with Gasteiger partial charge in [-0.3, -0.25) is 0 Å². The molecule has 0 radical (unpaired) electrons. The summed E-state index contributed by atoms with van der Waals surface area (Å²) in [4.78, 5) is 15.4. The predicted molar refractivity (Wildman–Crippen MR) is 64.6 cm³/mol. The van der Waals surface area contributed by atoms with Crippen molar-refractivity contribution >= 4 is 5.97 Å². The second kappa shape index (κ2) is 4.41. The average molecular weight is 230 g/mol. The van der Waals surface area contributed by atoms with Crippen LogP contribution in [0.2, 0.25) is 0 Å². The summed E-state index contributed by atoms with van der Waals surface area (Å²) in [5, 5.41) is 9.16. The highest BCUT2D eigenvalue weighted by molar-refractivity contribution is 5.91. The van der Waals surface area contributed by atoms with Crippen LogP contribution in [-0.2, 0) is 0 Å². The molecule has 2 rings (SSSR count). The molecule has 88 valence electrons. The van der Waals surface area contributed by atoms with E-state index in [0.29, 0.717) is 5.69 Å². The Labute approximate surface area is 99.5 Å². The van der Waals surface area contributed by atoms with Gasteiger partial charge >= 0.3 is 5.97 Å². The lowest BCUT2D eigenvalue weighted by Gasteiger charge is -2.12. The maximum absolute atomic E-state index is 11.2. The van der Waals surface area contributed by atoms with Crippen LogP contribution < -0.4 is 0 Å². The van der Waals surface area contributed by atoms with Crippen molar-refractivity contribution in [2.45, 2.75) is 19.8 Å². The lowest BCUT2D eigenvalue weighted by atomic mass is 10.1. The quantitative estimate of drug-likeness (QED) is 0.882. The van der Waals surface area contributed by atoms with Crippen molar-refractivity contribution in [2.24, 2.45) is 0 Å². The maximum Gasteiger partial charge on any atom is 0.337 e. The molecule has 0 aliphatic heterocycles. The number of imidazole rings is 1. The van der Waals surface area contributed by atoms with Gasteiger partial charge in [-0.15, -0.1) is 0 Å². The second-order valence-corrected chi connectivity index (χ2v) is 4.13. The molecule has 0 unspecified atom stereocenters. The van der Waals surface area contributed by atoms with Crippen molar-refractivity contribution in [3.63, 3.8) is 0 Å². The monoisotopic (exact) mass is 230 g/mol. The first-order chi connectivity index (χ1) is 8.11. The Bertz CT molecular complexity index is 544. The minimum Gasteiger partial charge on any atom is -0.478 e. The fourth-order valence-corrected chi connectivity index (χ4v) is 1.81. The van der Waals surface area contributed by atoms with Crippen LogP contribution in [0.3, 0.4) is 0 Å². The van der Waals surface area contributed by atoms with Crippen molar-refractivity contribution in [1.29, 1.82) is 0 Å². The van der Waals surface area contributed by atoms with Gasteiger partial charge in [-0.1, -0.05) is 26.0 Å². The van der Waals surface area contributed by atoms with Gasteiger partial charge in [0.1, 0.15) is 5.82 Å². The number of hydrogen-bond donors (Lipinski definition) is 1. The number of nitrogens with zero attached hydrogens (tertiary/aromatic N) is 2. The summed E-state index contributed by atoms with van der Waals surface area (Å²) < 4.78 is 1.83. The van der Waals surface area contributed by atoms with Crippen LogP contribution in [-0.4, -0.2) is 20.6 Å².